The molecule has 1 fully saturated rings. The number of hydrogen-bond donors (Lipinski definition) is 1. The van der Waals surface area contributed by atoms with E-state index in [0.717, 1.165) is 25.1 Å². The third kappa shape index (κ3) is 2.85. The van der Waals surface area contributed by atoms with Gasteiger partial charge in [0.1, 0.15) is 0 Å². The molecule has 1 saturated heterocycles. The maximum atomic E-state index is 12.4. The van der Waals surface area contributed by atoms with Crippen LogP contribution in [0.15, 0.2) is 24.3 Å². The van der Waals surface area contributed by atoms with Crippen LogP contribution in [0.4, 0.5) is 13.2 Å². The molecule has 0 amide bonds. The lowest BCUT2D eigenvalue weighted by Gasteiger charge is -2.26. The molecule has 1 aliphatic heterocycles. The van der Waals surface area contributed by atoms with E-state index in [4.69, 9.17) is 0 Å². The smallest absolute Gasteiger partial charge is 0.313 e. The zero-order valence-corrected chi connectivity index (χ0v) is 9.05. The van der Waals surface area contributed by atoms with E-state index >= 15 is 0 Å². The Morgan fingerprint density at radius 2 is 2.12 bits per heavy atom. The van der Waals surface area contributed by atoms with Gasteiger partial charge in [0.2, 0.25) is 0 Å². The number of hydrogen-bond acceptors (Lipinski definition) is 2. The van der Waals surface area contributed by atoms with E-state index in [-0.39, 0.29) is 23.8 Å². The Morgan fingerprint density at radius 3 is 2.65 bits per heavy atom. The zero-order valence-electron chi connectivity index (χ0n) is 9.05. The third-order valence-corrected chi connectivity index (χ3v) is 2.87. The van der Waals surface area contributed by atoms with Gasteiger partial charge in [-0.25, -0.2) is 0 Å². The second kappa shape index (κ2) is 4.49. The minimum Gasteiger partial charge on any atom is -0.313 e. The average molecular weight is 243 g/mol. The number of carbonyl (C=O) groups excluding carboxylic acids is 1. The molecule has 2 nitrogen and oxygen atoms in total. The highest BCUT2D eigenvalue weighted by Gasteiger charge is 2.31. The molecule has 17 heavy (non-hydrogen) atoms. The predicted octanol–water partition coefficient (Wildman–Crippen LogP) is 2.64. The molecule has 0 aromatic heterocycles. The van der Waals surface area contributed by atoms with E-state index in [1.54, 1.807) is 0 Å². The van der Waals surface area contributed by atoms with Gasteiger partial charge < -0.3 is 5.32 Å². The number of Topliss-reactive ketones (excluding diaryl/α,β-unsaturated/α-hetero) is 1. The molecule has 1 aromatic carbocycles. The monoisotopic (exact) mass is 243 g/mol. The quantitative estimate of drug-likeness (QED) is 0.827. The zero-order chi connectivity index (χ0) is 12.5. The van der Waals surface area contributed by atoms with Crippen LogP contribution in [-0.4, -0.2) is 18.4 Å². The molecule has 1 unspecified atom stereocenters. The summed E-state index contributed by atoms with van der Waals surface area (Å²) in [4.78, 5) is 11.7. The van der Waals surface area contributed by atoms with Crippen LogP contribution in [0, 0.1) is 0 Å². The van der Waals surface area contributed by atoms with Crippen molar-refractivity contribution in [3.8, 4) is 0 Å². The lowest BCUT2D eigenvalue weighted by atomic mass is 9.96. The summed E-state index contributed by atoms with van der Waals surface area (Å²) < 4.78 is 37.3. The van der Waals surface area contributed by atoms with Crippen molar-refractivity contribution in [1.29, 1.82) is 0 Å². The molecule has 0 spiro atoms. The summed E-state index contributed by atoms with van der Waals surface area (Å²) in [6.45, 7) is 0.876. The third-order valence-electron chi connectivity index (χ3n) is 2.87. The summed E-state index contributed by atoms with van der Waals surface area (Å²) in [5, 5.41) is 3.05. The molecule has 5 heteroatoms. The van der Waals surface area contributed by atoms with Crippen LogP contribution < -0.4 is 5.32 Å². The average Bonchev–Trinajstić information content (AvgIpc) is 2.22. The van der Waals surface area contributed by atoms with E-state index in [2.05, 4.69) is 5.32 Å². The number of rotatable bonds is 3. The summed E-state index contributed by atoms with van der Waals surface area (Å²) in [5.74, 6) is -0.242. The largest absolute Gasteiger partial charge is 0.416 e. The Hall–Kier alpha value is -1.36. The summed E-state index contributed by atoms with van der Waals surface area (Å²) in [6, 6.07) is 4.71. The molecule has 1 N–H and O–H groups in total. The van der Waals surface area contributed by atoms with Crippen LogP contribution in [0.3, 0.4) is 0 Å². The van der Waals surface area contributed by atoms with Crippen molar-refractivity contribution < 1.29 is 18.0 Å². The van der Waals surface area contributed by atoms with Crippen molar-refractivity contribution in [1.82, 2.24) is 5.32 Å². The summed E-state index contributed by atoms with van der Waals surface area (Å²) in [7, 11) is 0. The van der Waals surface area contributed by atoms with Gasteiger partial charge in [0.15, 0.2) is 5.78 Å². The summed E-state index contributed by atoms with van der Waals surface area (Å²) in [5.41, 5.74) is -0.640. The van der Waals surface area contributed by atoms with E-state index in [1.165, 1.54) is 12.1 Å². The van der Waals surface area contributed by atoms with Gasteiger partial charge in [0.25, 0.3) is 0 Å². The maximum Gasteiger partial charge on any atom is 0.416 e. The Balaban J connectivity index is 2.12. The van der Waals surface area contributed by atoms with Crippen molar-refractivity contribution in [2.75, 3.05) is 6.54 Å². The Bertz CT molecular complexity index is 424. The van der Waals surface area contributed by atoms with Crippen LogP contribution in [0.25, 0.3) is 0 Å². The van der Waals surface area contributed by atoms with Gasteiger partial charge >= 0.3 is 6.18 Å². The predicted molar refractivity (Wildman–Crippen MR) is 56.8 cm³/mol. The molecule has 1 aromatic rings. The van der Waals surface area contributed by atoms with Crippen LogP contribution in [0.5, 0.6) is 0 Å². The highest BCUT2D eigenvalue weighted by Crippen LogP contribution is 2.29. The standard InChI is InChI=1S/C12H12F3NO/c13-12(14,15)9-3-1-2-8(6-9)11(17)7-10-4-5-16-10/h1-3,6,10,16H,4-5,7H2. The molecular weight excluding hydrogens is 231 g/mol. The first-order valence-electron chi connectivity index (χ1n) is 5.40. The number of carbonyl (C=O) groups is 1. The molecule has 2 rings (SSSR count). The fraction of sp³-hybridized carbons (Fsp3) is 0.417. The van der Waals surface area contributed by atoms with Gasteiger partial charge in [-0.1, -0.05) is 12.1 Å². The SMILES string of the molecule is O=C(CC1CCN1)c1cccc(C(F)(F)F)c1. The second-order valence-electron chi connectivity index (χ2n) is 4.15. The Labute approximate surface area is 96.8 Å². The number of nitrogens with one attached hydrogen (secondary N) is 1. The summed E-state index contributed by atoms with van der Waals surface area (Å²) >= 11 is 0. The van der Waals surface area contributed by atoms with Crippen molar-refractivity contribution in [2.45, 2.75) is 25.1 Å². The number of ketones is 1. The normalized spacial score (nSPS) is 19.8. The van der Waals surface area contributed by atoms with Gasteiger partial charge in [-0.3, -0.25) is 4.79 Å². The lowest BCUT2D eigenvalue weighted by Crippen LogP contribution is -2.44. The summed E-state index contributed by atoms with van der Waals surface area (Å²) in [6.07, 6.45) is -3.23. The maximum absolute atomic E-state index is 12.4. The minimum atomic E-state index is -4.40. The molecule has 0 radical (unpaired) electrons. The Kier molecular flexibility index (Phi) is 3.19. The fourth-order valence-corrected chi connectivity index (χ4v) is 1.73. The van der Waals surface area contributed by atoms with Gasteiger partial charge in [0.05, 0.1) is 5.56 Å². The van der Waals surface area contributed by atoms with Gasteiger partial charge in [-0.15, -0.1) is 0 Å². The van der Waals surface area contributed by atoms with Gasteiger partial charge in [0, 0.05) is 18.0 Å². The van der Waals surface area contributed by atoms with Crippen molar-refractivity contribution in [3.05, 3.63) is 35.4 Å². The first kappa shape index (κ1) is 12.1. The number of benzene rings is 1. The molecular formula is C12H12F3NO. The van der Waals surface area contributed by atoms with Crippen LogP contribution >= 0.6 is 0 Å². The molecule has 0 bridgehead atoms. The van der Waals surface area contributed by atoms with Gasteiger partial charge in [-0.05, 0) is 25.1 Å². The first-order valence-corrected chi connectivity index (χ1v) is 5.40. The lowest BCUT2D eigenvalue weighted by molar-refractivity contribution is -0.137. The Morgan fingerprint density at radius 1 is 1.41 bits per heavy atom. The van der Waals surface area contributed by atoms with Crippen LogP contribution in [0.1, 0.15) is 28.8 Å². The molecule has 0 saturated carbocycles. The van der Waals surface area contributed by atoms with E-state index < -0.39 is 11.7 Å². The van der Waals surface area contributed by atoms with E-state index in [9.17, 15) is 18.0 Å². The molecule has 92 valence electrons. The van der Waals surface area contributed by atoms with Crippen molar-refractivity contribution in [3.63, 3.8) is 0 Å². The van der Waals surface area contributed by atoms with Crippen molar-refractivity contribution in [2.24, 2.45) is 0 Å². The molecule has 1 heterocycles. The fourth-order valence-electron chi connectivity index (χ4n) is 1.73. The first-order chi connectivity index (χ1) is 7.97. The molecule has 1 aliphatic rings. The topological polar surface area (TPSA) is 29.1 Å². The van der Waals surface area contributed by atoms with Gasteiger partial charge in [-0.2, -0.15) is 13.2 Å². The van der Waals surface area contributed by atoms with Crippen molar-refractivity contribution >= 4 is 5.78 Å². The van der Waals surface area contributed by atoms with Crippen LogP contribution in [-0.2, 0) is 6.18 Å². The highest BCUT2D eigenvalue weighted by molar-refractivity contribution is 5.96. The number of halogens is 3. The van der Waals surface area contributed by atoms with Crippen LogP contribution in [0.2, 0.25) is 0 Å². The molecule has 1 atom stereocenters. The van der Waals surface area contributed by atoms with E-state index in [0.29, 0.717) is 0 Å². The minimum absolute atomic E-state index is 0.122. The van der Waals surface area contributed by atoms with E-state index in [1.807, 2.05) is 0 Å². The highest BCUT2D eigenvalue weighted by atomic mass is 19.4. The number of alkyl halides is 3. The molecule has 0 aliphatic carbocycles. The second-order valence-corrected chi connectivity index (χ2v) is 4.15.